The van der Waals surface area contributed by atoms with E-state index in [9.17, 15) is 0 Å². The SMILES string of the molecule is CCC(CC)CC(NN)C1CN2CCCC2CO1. The Morgan fingerprint density at radius 3 is 2.83 bits per heavy atom. The van der Waals surface area contributed by atoms with Crippen LogP contribution in [0.15, 0.2) is 0 Å². The van der Waals surface area contributed by atoms with Gasteiger partial charge in [-0.15, -0.1) is 0 Å². The van der Waals surface area contributed by atoms with E-state index in [2.05, 4.69) is 24.2 Å². The molecule has 0 aromatic heterocycles. The Bertz CT molecular complexity index is 243. The largest absolute Gasteiger partial charge is 0.374 e. The van der Waals surface area contributed by atoms with E-state index in [1.54, 1.807) is 0 Å². The number of nitrogens with zero attached hydrogens (tertiary/aromatic N) is 1. The maximum atomic E-state index is 6.05. The standard InChI is InChI=1S/C14H29N3O/c1-3-11(4-2)8-13(16-15)14-9-17-7-5-6-12(17)10-18-14/h11-14,16H,3-10,15H2,1-2H3. The van der Waals surface area contributed by atoms with E-state index in [-0.39, 0.29) is 6.10 Å². The van der Waals surface area contributed by atoms with Gasteiger partial charge in [-0.2, -0.15) is 0 Å². The molecule has 2 aliphatic rings. The van der Waals surface area contributed by atoms with Gasteiger partial charge < -0.3 is 4.74 Å². The van der Waals surface area contributed by atoms with Crippen molar-refractivity contribution in [2.24, 2.45) is 11.8 Å². The number of rotatable bonds is 6. The molecule has 3 atom stereocenters. The highest BCUT2D eigenvalue weighted by molar-refractivity contribution is 4.90. The van der Waals surface area contributed by atoms with Crippen molar-refractivity contribution in [3.05, 3.63) is 0 Å². The highest BCUT2D eigenvalue weighted by Gasteiger charge is 2.35. The van der Waals surface area contributed by atoms with Gasteiger partial charge in [0.1, 0.15) is 0 Å². The summed E-state index contributed by atoms with van der Waals surface area (Å²) in [5, 5.41) is 0. The normalized spacial score (nSPS) is 30.7. The van der Waals surface area contributed by atoms with Crippen LogP contribution < -0.4 is 11.3 Å². The lowest BCUT2D eigenvalue weighted by atomic mass is 9.92. The summed E-state index contributed by atoms with van der Waals surface area (Å²) in [4.78, 5) is 2.59. The Morgan fingerprint density at radius 1 is 1.39 bits per heavy atom. The van der Waals surface area contributed by atoms with Gasteiger partial charge in [-0.3, -0.25) is 16.2 Å². The molecule has 0 spiro atoms. The van der Waals surface area contributed by atoms with Crippen molar-refractivity contribution >= 4 is 0 Å². The van der Waals surface area contributed by atoms with Gasteiger partial charge in [-0.1, -0.05) is 26.7 Å². The summed E-state index contributed by atoms with van der Waals surface area (Å²) in [6.45, 7) is 7.72. The minimum atomic E-state index is 0.268. The minimum absolute atomic E-state index is 0.268. The van der Waals surface area contributed by atoms with Crippen molar-refractivity contribution in [2.75, 3.05) is 19.7 Å². The zero-order valence-electron chi connectivity index (χ0n) is 11.9. The van der Waals surface area contributed by atoms with E-state index in [4.69, 9.17) is 10.6 Å². The maximum absolute atomic E-state index is 6.05. The smallest absolute Gasteiger partial charge is 0.0869 e. The van der Waals surface area contributed by atoms with Crippen molar-refractivity contribution in [3.63, 3.8) is 0 Å². The average Bonchev–Trinajstić information content (AvgIpc) is 2.87. The molecule has 0 aromatic rings. The lowest BCUT2D eigenvalue weighted by Crippen LogP contribution is -2.56. The highest BCUT2D eigenvalue weighted by Crippen LogP contribution is 2.26. The van der Waals surface area contributed by atoms with Crippen LogP contribution in [0.4, 0.5) is 0 Å². The van der Waals surface area contributed by atoms with Crippen molar-refractivity contribution in [1.29, 1.82) is 0 Å². The van der Waals surface area contributed by atoms with Crippen LogP contribution in [0.3, 0.4) is 0 Å². The average molecular weight is 255 g/mol. The minimum Gasteiger partial charge on any atom is -0.374 e. The van der Waals surface area contributed by atoms with Crippen LogP contribution in [-0.2, 0) is 4.74 Å². The van der Waals surface area contributed by atoms with E-state index in [0.717, 1.165) is 25.5 Å². The quantitative estimate of drug-likeness (QED) is 0.558. The molecule has 18 heavy (non-hydrogen) atoms. The first kappa shape index (κ1) is 14.3. The van der Waals surface area contributed by atoms with Gasteiger partial charge in [-0.05, 0) is 31.7 Å². The molecule has 0 bridgehead atoms. The van der Waals surface area contributed by atoms with E-state index in [1.165, 1.54) is 32.2 Å². The van der Waals surface area contributed by atoms with Crippen LogP contribution in [0.1, 0.15) is 46.0 Å². The molecule has 4 heteroatoms. The molecule has 3 unspecified atom stereocenters. The van der Waals surface area contributed by atoms with Crippen LogP contribution in [0, 0.1) is 5.92 Å². The van der Waals surface area contributed by atoms with Crippen molar-refractivity contribution in [1.82, 2.24) is 10.3 Å². The van der Waals surface area contributed by atoms with E-state index < -0.39 is 0 Å². The number of nitrogens with one attached hydrogen (secondary N) is 1. The van der Waals surface area contributed by atoms with Gasteiger partial charge in [0.25, 0.3) is 0 Å². The van der Waals surface area contributed by atoms with Crippen molar-refractivity contribution < 1.29 is 4.74 Å². The Hall–Kier alpha value is -0.160. The zero-order chi connectivity index (χ0) is 13.0. The molecule has 106 valence electrons. The molecular weight excluding hydrogens is 226 g/mol. The summed E-state index contributed by atoms with van der Waals surface area (Å²) in [6.07, 6.45) is 6.49. The number of hydrazine groups is 1. The van der Waals surface area contributed by atoms with Crippen LogP contribution in [0.2, 0.25) is 0 Å². The first-order valence-electron chi connectivity index (χ1n) is 7.60. The van der Waals surface area contributed by atoms with Crippen molar-refractivity contribution in [2.45, 2.75) is 64.1 Å². The molecule has 0 aromatic carbocycles. The maximum Gasteiger partial charge on any atom is 0.0869 e. The fraction of sp³-hybridized carbons (Fsp3) is 1.00. The van der Waals surface area contributed by atoms with Crippen LogP contribution >= 0.6 is 0 Å². The predicted octanol–water partition coefficient (Wildman–Crippen LogP) is 1.51. The Labute approximate surface area is 111 Å². The number of morpholine rings is 1. The Balaban J connectivity index is 1.87. The summed E-state index contributed by atoms with van der Waals surface area (Å²) in [6, 6.07) is 0.976. The third-order valence-electron chi connectivity index (χ3n) is 4.82. The van der Waals surface area contributed by atoms with Gasteiger partial charge in [0, 0.05) is 18.6 Å². The van der Waals surface area contributed by atoms with E-state index in [0.29, 0.717) is 12.1 Å². The van der Waals surface area contributed by atoms with Gasteiger partial charge in [0.15, 0.2) is 0 Å². The second-order valence-electron chi connectivity index (χ2n) is 5.85. The monoisotopic (exact) mass is 255 g/mol. The fourth-order valence-corrected chi connectivity index (χ4v) is 3.39. The van der Waals surface area contributed by atoms with Gasteiger partial charge in [0.2, 0.25) is 0 Å². The first-order valence-corrected chi connectivity index (χ1v) is 7.60. The summed E-state index contributed by atoms with van der Waals surface area (Å²) >= 11 is 0. The molecule has 2 rings (SSSR count). The fourth-order valence-electron chi connectivity index (χ4n) is 3.39. The summed E-state index contributed by atoms with van der Waals surface area (Å²) in [5.74, 6) is 6.51. The molecule has 2 fully saturated rings. The Morgan fingerprint density at radius 2 is 2.17 bits per heavy atom. The molecule has 0 saturated carbocycles. The van der Waals surface area contributed by atoms with E-state index >= 15 is 0 Å². The van der Waals surface area contributed by atoms with Crippen LogP contribution in [0.5, 0.6) is 0 Å². The number of ether oxygens (including phenoxy) is 1. The third-order valence-corrected chi connectivity index (χ3v) is 4.82. The van der Waals surface area contributed by atoms with Crippen LogP contribution in [-0.4, -0.2) is 42.8 Å². The number of nitrogens with two attached hydrogens (primary N) is 1. The number of fused-ring (bicyclic) bond motifs is 1. The predicted molar refractivity (Wildman–Crippen MR) is 74.1 cm³/mol. The second kappa shape index (κ2) is 6.85. The zero-order valence-corrected chi connectivity index (χ0v) is 11.9. The first-order chi connectivity index (χ1) is 8.78. The van der Waals surface area contributed by atoms with Gasteiger partial charge >= 0.3 is 0 Å². The lowest BCUT2D eigenvalue weighted by molar-refractivity contribution is -0.0678. The highest BCUT2D eigenvalue weighted by atomic mass is 16.5. The molecule has 2 heterocycles. The Kier molecular flexibility index (Phi) is 5.42. The van der Waals surface area contributed by atoms with Crippen molar-refractivity contribution in [3.8, 4) is 0 Å². The van der Waals surface area contributed by atoms with Gasteiger partial charge in [-0.25, -0.2) is 0 Å². The molecule has 3 N–H and O–H groups in total. The van der Waals surface area contributed by atoms with Crippen LogP contribution in [0.25, 0.3) is 0 Å². The van der Waals surface area contributed by atoms with Gasteiger partial charge in [0.05, 0.1) is 12.7 Å². The number of hydrogen-bond donors (Lipinski definition) is 2. The molecular formula is C14H29N3O. The topological polar surface area (TPSA) is 50.5 Å². The lowest BCUT2D eigenvalue weighted by Gasteiger charge is -2.39. The molecule has 0 radical (unpaired) electrons. The molecule has 2 aliphatic heterocycles. The molecule has 2 saturated heterocycles. The second-order valence-corrected chi connectivity index (χ2v) is 5.85. The number of hydrogen-bond acceptors (Lipinski definition) is 4. The molecule has 4 nitrogen and oxygen atoms in total. The molecule has 0 aliphatic carbocycles. The van der Waals surface area contributed by atoms with E-state index in [1.807, 2.05) is 0 Å². The molecule has 0 amide bonds. The summed E-state index contributed by atoms with van der Waals surface area (Å²) in [5.41, 5.74) is 3.00. The summed E-state index contributed by atoms with van der Waals surface area (Å²) in [7, 11) is 0. The third kappa shape index (κ3) is 3.23. The summed E-state index contributed by atoms with van der Waals surface area (Å²) < 4.78 is 6.05.